The fourth-order valence-corrected chi connectivity index (χ4v) is 2.69. The maximum absolute atomic E-state index is 4.30. The van der Waals surface area contributed by atoms with E-state index in [1.54, 1.807) is 13.2 Å². The summed E-state index contributed by atoms with van der Waals surface area (Å²) in [5.41, 5.74) is 2.29. The van der Waals surface area contributed by atoms with Gasteiger partial charge in [-0.05, 0) is 36.1 Å². The summed E-state index contributed by atoms with van der Waals surface area (Å²) in [6, 6.07) is 16.5. The van der Waals surface area contributed by atoms with Crippen molar-refractivity contribution < 1.29 is 0 Å². The molecule has 2 heterocycles. The maximum Gasteiger partial charge on any atom is 0.191 e. The molecular formula is C19H23N5. The second-order valence-corrected chi connectivity index (χ2v) is 5.60. The highest BCUT2D eigenvalue weighted by Crippen LogP contribution is 2.15. The van der Waals surface area contributed by atoms with Crippen LogP contribution in [0.15, 0.2) is 65.9 Å². The number of aryl methyl sites for hydroxylation is 1. The first-order valence-electron chi connectivity index (χ1n) is 8.25. The van der Waals surface area contributed by atoms with Gasteiger partial charge in [-0.1, -0.05) is 24.3 Å². The van der Waals surface area contributed by atoms with Crippen molar-refractivity contribution in [3.63, 3.8) is 0 Å². The number of benzene rings is 1. The van der Waals surface area contributed by atoms with Crippen molar-refractivity contribution in [3.8, 4) is 0 Å². The van der Waals surface area contributed by atoms with Crippen molar-refractivity contribution >= 4 is 16.9 Å². The van der Waals surface area contributed by atoms with E-state index in [0.29, 0.717) is 6.54 Å². The summed E-state index contributed by atoms with van der Waals surface area (Å²) < 4.78 is 2.29. The van der Waals surface area contributed by atoms with Gasteiger partial charge >= 0.3 is 0 Å². The molecule has 2 aromatic heterocycles. The molecule has 0 saturated carbocycles. The number of guanidine groups is 1. The van der Waals surface area contributed by atoms with Gasteiger partial charge in [0.25, 0.3) is 0 Å². The molecule has 0 spiro atoms. The molecule has 0 saturated heterocycles. The molecule has 24 heavy (non-hydrogen) atoms. The van der Waals surface area contributed by atoms with Gasteiger partial charge in [0.1, 0.15) is 0 Å². The summed E-state index contributed by atoms with van der Waals surface area (Å²) in [6.07, 6.45) is 4.98. The Labute approximate surface area is 142 Å². The first kappa shape index (κ1) is 16.1. The molecular weight excluding hydrogens is 298 g/mol. The van der Waals surface area contributed by atoms with Gasteiger partial charge in [0, 0.05) is 38.0 Å². The number of aliphatic imine (C=N–C) groups is 1. The van der Waals surface area contributed by atoms with Gasteiger partial charge in [0.05, 0.1) is 12.2 Å². The topological polar surface area (TPSA) is 54.2 Å². The highest BCUT2D eigenvalue weighted by atomic mass is 15.2. The summed E-state index contributed by atoms with van der Waals surface area (Å²) in [5.74, 6) is 0.804. The fraction of sp³-hybridized carbons (Fsp3) is 0.263. The summed E-state index contributed by atoms with van der Waals surface area (Å²) in [6.45, 7) is 2.52. The van der Waals surface area contributed by atoms with E-state index in [2.05, 4.69) is 61.7 Å². The monoisotopic (exact) mass is 321 g/mol. The third kappa shape index (κ3) is 4.13. The van der Waals surface area contributed by atoms with Crippen LogP contribution in [0.4, 0.5) is 0 Å². The van der Waals surface area contributed by atoms with Crippen molar-refractivity contribution in [2.75, 3.05) is 13.6 Å². The third-order valence-electron chi connectivity index (χ3n) is 3.94. The summed E-state index contributed by atoms with van der Waals surface area (Å²) >= 11 is 0. The average molecular weight is 321 g/mol. The first-order valence-corrected chi connectivity index (χ1v) is 8.25. The fourth-order valence-electron chi connectivity index (χ4n) is 2.69. The largest absolute Gasteiger partial charge is 0.356 e. The second-order valence-electron chi connectivity index (χ2n) is 5.60. The number of para-hydroxylation sites is 1. The molecule has 0 aliphatic carbocycles. The molecule has 5 heteroatoms. The summed E-state index contributed by atoms with van der Waals surface area (Å²) in [7, 11) is 1.78. The van der Waals surface area contributed by atoms with Crippen LogP contribution in [0.25, 0.3) is 10.9 Å². The van der Waals surface area contributed by atoms with Gasteiger partial charge in [0.2, 0.25) is 0 Å². The molecule has 0 unspecified atom stereocenters. The van der Waals surface area contributed by atoms with E-state index in [0.717, 1.165) is 31.2 Å². The van der Waals surface area contributed by atoms with Crippen molar-refractivity contribution in [2.45, 2.75) is 19.5 Å². The summed E-state index contributed by atoms with van der Waals surface area (Å²) in [4.78, 5) is 8.54. The lowest BCUT2D eigenvalue weighted by molar-refractivity contribution is 0.640. The van der Waals surface area contributed by atoms with Crippen LogP contribution in [0.5, 0.6) is 0 Å². The summed E-state index contributed by atoms with van der Waals surface area (Å²) in [5, 5.41) is 7.92. The van der Waals surface area contributed by atoms with E-state index in [1.807, 2.05) is 18.2 Å². The van der Waals surface area contributed by atoms with Crippen LogP contribution in [0.2, 0.25) is 0 Å². The Balaban J connectivity index is 1.43. The van der Waals surface area contributed by atoms with Gasteiger partial charge in [-0.25, -0.2) is 0 Å². The Morgan fingerprint density at radius 2 is 1.96 bits per heavy atom. The minimum absolute atomic E-state index is 0.669. The van der Waals surface area contributed by atoms with Crippen LogP contribution in [0, 0.1) is 0 Å². The zero-order chi connectivity index (χ0) is 16.6. The quantitative estimate of drug-likeness (QED) is 0.417. The van der Waals surface area contributed by atoms with Crippen molar-refractivity contribution in [2.24, 2.45) is 4.99 Å². The van der Waals surface area contributed by atoms with Crippen molar-refractivity contribution in [1.82, 2.24) is 20.2 Å². The number of fused-ring (bicyclic) bond motifs is 1. The molecule has 0 radical (unpaired) electrons. The lowest BCUT2D eigenvalue weighted by atomic mass is 10.2. The Morgan fingerprint density at radius 1 is 1.08 bits per heavy atom. The molecule has 3 aromatic rings. The molecule has 1 aromatic carbocycles. The van der Waals surface area contributed by atoms with Crippen LogP contribution in [0.3, 0.4) is 0 Å². The van der Waals surface area contributed by atoms with Gasteiger partial charge in [-0.15, -0.1) is 0 Å². The van der Waals surface area contributed by atoms with E-state index in [9.17, 15) is 0 Å². The lowest BCUT2D eigenvalue weighted by Gasteiger charge is -2.12. The average Bonchev–Trinajstić information content (AvgIpc) is 3.05. The highest BCUT2D eigenvalue weighted by molar-refractivity contribution is 5.80. The molecule has 0 amide bonds. The van der Waals surface area contributed by atoms with E-state index in [1.165, 1.54) is 10.9 Å². The van der Waals surface area contributed by atoms with Crippen LogP contribution in [-0.2, 0) is 13.1 Å². The Hall–Kier alpha value is -2.82. The smallest absolute Gasteiger partial charge is 0.191 e. The SMILES string of the molecule is CN=C(NCCCn1ccc2ccccc21)NCc1ccccn1. The van der Waals surface area contributed by atoms with Gasteiger partial charge in [-0.3, -0.25) is 9.98 Å². The number of aromatic nitrogens is 2. The maximum atomic E-state index is 4.30. The number of rotatable bonds is 6. The van der Waals surface area contributed by atoms with Crippen LogP contribution >= 0.6 is 0 Å². The van der Waals surface area contributed by atoms with Crippen molar-refractivity contribution in [3.05, 3.63) is 66.6 Å². The van der Waals surface area contributed by atoms with E-state index in [-0.39, 0.29) is 0 Å². The first-order chi connectivity index (χ1) is 11.9. The second kappa shape index (κ2) is 8.15. The molecule has 3 rings (SSSR count). The number of hydrogen-bond donors (Lipinski definition) is 2. The highest BCUT2D eigenvalue weighted by Gasteiger charge is 2.01. The van der Waals surface area contributed by atoms with Crippen LogP contribution < -0.4 is 10.6 Å². The molecule has 0 fully saturated rings. The van der Waals surface area contributed by atoms with Gasteiger partial charge in [-0.2, -0.15) is 0 Å². The van der Waals surface area contributed by atoms with E-state index >= 15 is 0 Å². The molecule has 5 nitrogen and oxygen atoms in total. The Kier molecular flexibility index (Phi) is 5.45. The lowest BCUT2D eigenvalue weighted by Crippen LogP contribution is -2.37. The third-order valence-corrected chi connectivity index (χ3v) is 3.94. The van der Waals surface area contributed by atoms with Crippen molar-refractivity contribution in [1.29, 1.82) is 0 Å². The van der Waals surface area contributed by atoms with Gasteiger partial charge in [0.15, 0.2) is 5.96 Å². The van der Waals surface area contributed by atoms with E-state index in [4.69, 9.17) is 0 Å². The zero-order valence-electron chi connectivity index (χ0n) is 13.9. The molecule has 2 N–H and O–H groups in total. The molecule has 0 atom stereocenters. The van der Waals surface area contributed by atoms with Crippen LogP contribution in [-0.4, -0.2) is 29.1 Å². The molecule has 0 bridgehead atoms. The van der Waals surface area contributed by atoms with E-state index < -0.39 is 0 Å². The van der Waals surface area contributed by atoms with Crippen LogP contribution in [0.1, 0.15) is 12.1 Å². The Morgan fingerprint density at radius 3 is 2.79 bits per heavy atom. The number of pyridine rings is 1. The number of hydrogen-bond acceptors (Lipinski definition) is 2. The Bertz CT molecular complexity index is 792. The minimum atomic E-state index is 0.669. The normalized spacial score (nSPS) is 11.6. The predicted octanol–water partition coefficient (Wildman–Crippen LogP) is 2.79. The molecule has 124 valence electrons. The number of nitrogens with one attached hydrogen (secondary N) is 2. The molecule has 0 aliphatic rings. The predicted molar refractivity (Wildman–Crippen MR) is 99.0 cm³/mol. The zero-order valence-corrected chi connectivity index (χ0v) is 13.9. The molecule has 0 aliphatic heterocycles. The standard InChI is InChI=1S/C19H23N5/c1-20-19(23-15-17-8-4-5-11-21-17)22-12-6-13-24-14-10-16-7-2-3-9-18(16)24/h2-5,7-11,14H,6,12-13,15H2,1H3,(H2,20,22,23). The van der Waals surface area contributed by atoms with Gasteiger partial charge < -0.3 is 15.2 Å². The minimum Gasteiger partial charge on any atom is -0.356 e. The number of nitrogens with zero attached hydrogens (tertiary/aromatic N) is 3.